The molecule has 3 heterocycles. The fourth-order valence-corrected chi connectivity index (χ4v) is 10.3. The van der Waals surface area contributed by atoms with Crippen molar-refractivity contribution in [3.8, 4) is 33.3 Å². The van der Waals surface area contributed by atoms with Crippen molar-refractivity contribution < 1.29 is 57.4 Å². The SMILES string of the molecule is Cc1ncsc1-c1ccc(CNC(=O)[C@@H]2C[C@@H](O)CN2C(=O)C(NC(=O)C2(F)CC2)C(C)(C)C)c(OCC(=O)NCCCCC(=O)NCCN(C)C(=O)c2ccc(-c3cc(C(=O)N[C@@H]4CCc5ccccc54)no3)cc2O)c1. The second-order valence-electron chi connectivity index (χ2n) is 21.2. The molecule has 414 valence electrons. The van der Waals surface area contributed by atoms with Crippen molar-refractivity contribution in [1.82, 2.24) is 46.5 Å². The summed E-state index contributed by atoms with van der Waals surface area (Å²) in [6.45, 7) is 7.04. The van der Waals surface area contributed by atoms with Gasteiger partial charge in [0.1, 0.15) is 23.6 Å². The highest BCUT2D eigenvalue weighted by atomic mass is 32.1. The van der Waals surface area contributed by atoms with E-state index in [1.165, 1.54) is 44.9 Å². The molecule has 4 atom stereocenters. The number of rotatable bonds is 22. The second-order valence-corrected chi connectivity index (χ2v) is 22.0. The van der Waals surface area contributed by atoms with Crippen molar-refractivity contribution in [2.24, 2.45) is 5.41 Å². The molecule has 5 aromatic rings. The molecule has 8 rings (SSSR count). The Morgan fingerprint density at radius 1 is 0.962 bits per heavy atom. The topological polar surface area (TPSA) is 275 Å². The zero-order valence-electron chi connectivity index (χ0n) is 44.3. The fourth-order valence-electron chi connectivity index (χ4n) is 9.49. The Morgan fingerprint density at radius 3 is 2.45 bits per heavy atom. The number of nitrogens with one attached hydrogen (secondary N) is 5. The summed E-state index contributed by atoms with van der Waals surface area (Å²) < 4.78 is 26.1. The van der Waals surface area contributed by atoms with E-state index in [-0.39, 0.29) is 106 Å². The maximum Gasteiger partial charge on any atom is 0.273 e. The monoisotopic (exact) mass is 1090 g/mol. The number of carbonyl (C=O) groups excluding carboxylic acids is 7. The summed E-state index contributed by atoms with van der Waals surface area (Å²) in [6, 6.07) is 16.8. The number of hydrogen-bond acceptors (Lipinski definition) is 14. The van der Waals surface area contributed by atoms with E-state index < -0.39 is 58.8 Å². The minimum atomic E-state index is -2.01. The van der Waals surface area contributed by atoms with Crippen LogP contribution in [0.5, 0.6) is 11.5 Å². The number of halogens is 1. The van der Waals surface area contributed by atoms with Gasteiger partial charge in [0.2, 0.25) is 17.7 Å². The number of likely N-dealkylation sites (tertiary alicyclic amines) is 1. The van der Waals surface area contributed by atoms with Gasteiger partial charge in [0, 0.05) is 69.8 Å². The van der Waals surface area contributed by atoms with Crippen LogP contribution in [0.4, 0.5) is 4.39 Å². The molecule has 22 heteroatoms. The summed E-state index contributed by atoms with van der Waals surface area (Å²) in [6.07, 6.45) is 1.86. The van der Waals surface area contributed by atoms with E-state index in [0.29, 0.717) is 29.7 Å². The van der Waals surface area contributed by atoms with E-state index in [4.69, 9.17) is 9.26 Å². The highest BCUT2D eigenvalue weighted by Gasteiger charge is 2.53. The third kappa shape index (κ3) is 13.7. The van der Waals surface area contributed by atoms with Gasteiger partial charge in [0.15, 0.2) is 23.7 Å². The molecule has 0 spiro atoms. The molecule has 3 aliphatic rings. The van der Waals surface area contributed by atoms with Crippen molar-refractivity contribution in [2.75, 3.05) is 39.8 Å². The number of alkyl halides is 1. The number of amides is 7. The molecule has 0 bridgehead atoms. The number of β-amino-alcohol motifs (C(OH)–C–C–N with tert-alkyl or cyclic N) is 1. The molecule has 2 fully saturated rings. The summed E-state index contributed by atoms with van der Waals surface area (Å²) in [5, 5.41) is 39.4. The van der Waals surface area contributed by atoms with E-state index in [9.17, 15) is 48.2 Å². The first kappa shape index (κ1) is 56.5. The number of likely N-dealkylation sites (N-methyl/N-ethyl adjacent to an activating group) is 1. The number of ether oxygens (including phenoxy) is 1. The maximum absolute atomic E-state index is 14.7. The minimum Gasteiger partial charge on any atom is -0.507 e. The molecule has 7 amide bonds. The van der Waals surface area contributed by atoms with Crippen LogP contribution in [0.3, 0.4) is 0 Å². The molecular weight excluding hydrogens is 1030 g/mol. The van der Waals surface area contributed by atoms with Crippen molar-refractivity contribution >= 4 is 52.7 Å². The number of nitrogens with zero attached hydrogens (tertiary/aromatic N) is 4. The number of unbranched alkanes of at least 4 members (excludes halogenated alkanes) is 1. The van der Waals surface area contributed by atoms with Crippen molar-refractivity contribution in [2.45, 2.75) is 116 Å². The molecule has 2 aliphatic carbocycles. The Labute approximate surface area is 454 Å². The third-order valence-electron chi connectivity index (χ3n) is 14.2. The molecule has 3 aromatic carbocycles. The van der Waals surface area contributed by atoms with Crippen molar-refractivity contribution in [3.05, 3.63) is 106 Å². The smallest absolute Gasteiger partial charge is 0.273 e. The minimum absolute atomic E-state index is 0.0364. The predicted molar refractivity (Wildman–Crippen MR) is 286 cm³/mol. The van der Waals surface area contributed by atoms with Crippen LogP contribution in [0, 0.1) is 12.3 Å². The Morgan fingerprint density at radius 2 is 1.72 bits per heavy atom. The summed E-state index contributed by atoms with van der Waals surface area (Å²) >= 11 is 1.43. The number of phenolic OH excluding ortho intramolecular Hbond substituents is 1. The molecule has 7 N–H and O–H groups in total. The number of phenols is 1. The standard InChI is InChI=1S/C56H66FN9O11S/c1-32-48(78-31-61-32)35-13-14-36(28-60-51(72)42-26-37(67)29-66(42)53(74)49(55(2,3)4)63-54(75)56(57)19-20-56)44(25-35)76-30-47(70)58-21-9-8-12-46(69)59-22-23-65(5)52(73)39-17-15-34(24-43(39)68)45-27-41(64-77-45)50(71)62-40-18-16-33-10-6-7-11-38(33)40/h6-7,10-11,13-15,17,24-25,27,31,37,40,42,49,67-68H,8-9,12,16,18-23,26,28-30H2,1-5H3,(H,58,70)(H,59,69)(H,60,72)(H,62,71)(H,63,75)/t37-,40-,42+,49?/m1/s1. The number of aromatic nitrogens is 2. The van der Waals surface area contributed by atoms with Gasteiger partial charge in [0.05, 0.1) is 33.8 Å². The summed E-state index contributed by atoms with van der Waals surface area (Å²) in [7, 11) is 1.55. The number of thiazole rings is 1. The summed E-state index contributed by atoms with van der Waals surface area (Å²) in [5.74, 6) is -3.29. The van der Waals surface area contributed by atoms with Crippen LogP contribution in [-0.4, -0.2) is 135 Å². The normalized spacial score (nSPS) is 17.6. The first-order valence-corrected chi connectivity index (χ1v) is 27.0. The van der Waals surface area contributed by atoms with Crippen LogP contribution < -0.4 is 31.3 Å². The summed E-state index contributed by atoms with van der Waals surface area (Å²) in [5.41, 5.74) is 3.79. The van der Waals surface area contributed by atoms with E-state index in [1.807, 2.05) is 37.3 Å². The molecule has 1 aliphatic heterocycles. The van der Waals surface area contributed by atoms with Crippen molar-refractivity contribution in [3.63, 3.8) is 0 Å². The van der Waals surface area contributed by atoms with E-state index in [2.05, 4.69) is 36.7 Å². The lowest BCUT2D eigenvalue weighted by atomic mass is 9.85. The molecule has 0 radical (unpaired) electrons. The quantitative estimate of drug-likeness (QED) is 0.0447. The lowest BCUT2D eigenvalue weighted by Crippen LogP contribution is -2.59. The van der Waals surface area contributed by atoms with Crippen molar-refractivity contribution in [1.29, 1.82) is 0 Å². The van der Waals surface area contributed by atoms with Gasteiger partial charge in [-0.3, -0.25) is 33.6 Å². The first-order chi connectivity index (χ1) is 37.2. The third-order valence-corrected chi connectivity index (χ3v) is 15.2. The molecule has 1 unspecified atom stereocenters. The zero-order chi connectivity index (χ0) is 55.9. The number of benzene rings is 3. The number of aromatic hydroxyl groups is 1. The largest absolute Gasteiger partial charge is 0.507 e. The van der Waals surface area contributed by atoms with Gasteiger partial charge >= 0.3 is 0 Å². The van der Waals surface area contributed by atoms with Gasteiger partial charge in [-0.05, 0) is 85.8 Å². The van der Waals surface area contributed by atoms with Crippen LogP contribution in [0.25, 0.3) is 21.8 Å². The van der Waals surface area contributed by atoms with Crippen LogP contribution in [0.2, 0.25) is 0 Å². The average Bonchev–Trinajstić information content (AvgIpc) is 3.89. The zero-order valence-corrected chi connectivity index (χ0v) is 45.1. The van der Waals surface area contributed by atoms with Gasteiger partial charge in [-0.2, -0.15) is 0 Å². The van der Waals surface area contributed by atoms with E-state index in [1.54, 1.807) is 51.5 Å². The first-order valence-electron chi connectivity index (χ1n) is 26.1. The maximum atomic E-state index is 14.7. The number of aliphatic hydroxyl groups excluding tert-OH is 1. The van der Waals surface area contributed by atoms with Crippen LogP contribution in [0.1, 0.15) is 115 Å². The lowest BCUT2D eigenvalue weighted by Gasteiger charge is -2.35. The fraction of sp³-hybridized carbons (Fsp3) is 0.446. The Bertz CT molecular complexity index is 3060. The Kier molecular flexibility index (Phi) is 17.6. The van der Waals surface area contributed by atoms with Crippen LogP contribution in [0.15, 0.2) is 76.8 Å². The average molecular weight is 1090 g/mol. The van der Waals surface area contributed by atoms with Crippen LogP contribution >= 0.6 is 11.3 Å². The number of aliphatic hydroxyl groups is 1. The number of aryl methyl sites for hydroxylation is 2. The highest BCUT2D eigenvalue weighted by molar-refractivity contribution is 7.13. The van der Waals surface area contributed by atoms with Gasteiger partial charge in [-0.25, -0.2) is 9.37 Å². The second kappa shape index (κ2) is 24.3. The number of hydrogen-bond donors (Lipinski definition) is 7. The lowest BCUT2D eigenvalue weighted by molar-refractivity contribution is -0.145. The molecular formula is C56H66FN9O11S. The van der Waals surface area contributed by atoms with Gasteiger partial charge in [0.25, 0.3) is 23.6 Å². The van der Waals surface area contributed by atoms with E-state index in [0.717, 1.165) is 34.5 Å². The Hall–Kier alpha value is -7.72. The molecule has 2 aromatic heterocycles. The number of carbonyl (C=O) groups is 7. The predicted octanol–water partition coefficient (Wildman–Crippen LogP) is 5.06. The molecule has 1 saturated carbocycles. The Balaban J connectivity index is 0.756. The number of fused-ring (bicyclic) bond motifs is 1. The van der Waals surface area contributed by atoms with E-state index >= 15 is 0 Å². The molecule has 20 nitrogen and oxygen atoms in total. The van der Waals surface area contributed by atoms with Crippen LogP contribution in [-0.2, 0) is 36.9 Å². The van der Waals surface area contributed by atoms with Gasteiger partial charge in [-0.15, -0.1) is 11.3 Å². The molecule has 1 saturated heterocycles. The highest BCUT2D eigenvalue weighted by Crippen LogP contribution is 2.41. The van der Waals surface area contributed by atoms with Gasteiger partial charge < -0.3 is 55.9 Å². The molecule has 78 heavy (non-hydrogen) atoms. The summed E-state index contributed by atoms with van der Waals surface area (Å²) in [4.78, 5) is 100. The van der Waals surface area contributed by atoms with Gasteiger partial charge in [-0.1, -0.05) is 68.4 Å².